The number of nitrogens with one attached hydrogen (secondary N) is 1. The Hall–Kier alpha value is -1.78. The van der Waals surface area contributed by atoms with Gasteiger partial charge in [0.1, 0.15) is 6.04 Å². The van der Waals surface area contributed by atoms with E-state index in [1.807, 2.05) is 0 Å². The summed E-state index contributed by atoms with van der Waals surface area (Å²) in [6, 6.07) is 3.22. The zero-order valence-electron chi connectivity index (χ0n) is 8.45. The maximum atomic E-state index is 12.9. The maximum absolute atomic E-state index is 12.9. The van der Waals surface area contributed by atoms with Gasteiger partial charge in [-0.15, -0.1) is 0 Å². The number of hydrogen-bond donors (Lipinski definition) is 2. The highest BCUT2D eigenvalue weighted by Crippen LogP contribution is 2.19. The molecule has 1 rings (SSSR count). The summed E-state index contributed by atoms with van der Waals surface area (Å²) in [4.78, 5) is 11.0. The van der Waals surface area contributed by atoms with Crippen LogP contribution >= 0.6 is 0 Å². The number of phenolic OH excluding ortho intramolecular Hbond substituents is 1. The summed E-state index contributed by atoms with van der Waals surface area (Å²) in [6.07, 6.45) is 0. The summed E-state index contributed by atoms with van der Waals surface area (Å²) in [5.41, 5.74) is 0.406. The van der Waals surface area contributed by atoms with Crippen LogP contribution < -0.4 is 5.32 Å². The Morgan fingerprint density at radius 3 is 2.80 bits per heavy atom. The molecule has 0 saturated carbocycles. The third-order valence-electron chi connectivity index (χ3n) is 1.89. The Kier molecular flexibility index (Phi) is 3.49. The highest BCUT2D eigenvalue weighted by molar-refractivity contribution is 5.78. The molecule has 5 heteroatoms. The molecule has 0 amide bonds. The number of anilines is 1. The quantitative estimate of drug-likeness (QED) is 0.590. The lowest BCUT2D eigenvalue weighted by molar-refractivity contribution is -0.141. The van der Waals surface area contributed by atoms with Gasteiger partial charge >= 0.3 is 5.97 Å². The summed E-state index contributed by atoms with van der Waals surface area (Å²) >= 11 is 0. The molecule has 1 aromatic carbocycles. The van der Waals surface area contributed by atoms with Gasteiger partial charge in [-0.2, -0.15) is 0 Å². The summed E-state index contributed by atoms with van der Waals surface area (Å²) in [5.74, 6) is -1.60. The van der Waals surface area contributed by atoms with E-state index in [4.69, 9.17) is 5.11 Å². The molecule has 15 heavy (non-hydrogen) atoms. The van der Waals surface area contributed by atoms with E-state index in [1.165, 1.54) is 19.2 Å². The normalized spacial score (nSPS) is 11.9. The Balaban J connectivity index is 2.73. The van der Waals surface area contributed by atoms with E-state index in [9.17, 15) is 9.18 Å². The monoisotopic (exact) mass is 213 g/mol. The largest absolute Gasteiger partial charge is 0.505 e. The van der Waals surface area contributed by atoms with Crippen LogP contribution in [-0.4, -0.2) is 24.2 Å². The van der Waals surface area contributed by atoms with E-state index in [0.717, 1.165) is 6.07 Å². The van der Waals surface area contributed by atoms with E-state index in [1.54, 1.807) is 6.92 Å². The second-order valence-corrected chi connectivity index (χ2v) is 3.06. The lowest BCUT2D eigenvalue weighted by atomic mass is 10.2. The lowest BCUT2D eigenvalue weighted by Gasteiger charge is -2.12. The first kappa shape index (κ1) is 11.3. The first-order valence-corrected chi connectivity index (χ1v) is 4.37. The minimum Gasteiger partial charge on any atom is -0.505 e. The van der Waals surface area contributed by atoms with Crippen LogP contribution in [0.15, 0.2) is 18.2 Å². The molecule has 82 valence electrons. The van der Waals surface area contributed by atoms with Crippen LogP contribution in [0.5, 0.6) is 5.75 Å². The van der Waals surface area contributed by atoms with E-state index in [-0.39, 0.29) is 0 Å². The minimum atomic E-state index is -0.739. The number of esters is 1. The molecule has 0 spiro atoms. The number of phenols is 1. The molecule has 4 nitrogen and oxygen atoms in total. The molecule has 0 saturated heterocycles. The molecule has 0 fully saturated rings. The molecular formula is C10H12FNO3. The fraction of sp³-hybridized carbons (Fsp3) is 0.300. The molecule has 2 N–H and O–H groups in total. The summed E-state index contributed by atoms with van der Waals surface area (Å²) in [6.45, 7) is 1.59. The van der Waals surface area contributed by atoms with Crippen LogP contribution in [0.4, 0.5) is 10.1 Å². The second kappa shape index (κ2) is 4.63. The van der Waals surface area contributed by atoms with Gasteiger partial charge in [-0.25, -0.2) is 9.18 Å². The van der Waals surface area contributed by atoms with E-state index >= 15 is 0 Å². The highest BCUT2D eigenvalue weighted by Gasteiger charge is 2.13. The molecule has 0 aromatic heterocycles. The van der Waals surface area contributed by atoms with Crippen molar-refractivity contribution in [2.45, 2.75) is 13.0 Å². The maximum Gasteiger partial charge on any atom is 0.327 e. The average Bonchev–Trinajstić information content (AvgIpc) is 2.22. The molecule has 0 bridgehead atoms. The molecule has 0 heterocycles. The zero-order valence-corrected chi connectivity index (χ0v) is 8.45. The first-order valence-electron chi connectivity index (χ1n) is 4.37. The van der Waals surface area contributed by atoms with Crippen LogP contribution in [0.2, 0.25) is 0 Å². The number of carbonyl (C=O) groups is 1. The van der Waals surface area contributed by atoms with Crippen molar-refractivity contribution in [2.24, 2.45) is 0 Å². The summed E-state index contributed by atoms with van der Waals surface area (Å²) in [5, 5.41) is 11.7. The van der Waals surface area contributed by atoms with Gasteiger partial charge in [0.2, 0.25) is 0 Å². The second-order valence-electron chi connectivity index (χ2n) is 3.06. The molecule has 0 aliphatic heterocycles. The van der Waals surface area contributed by atoms with E-state index in [0.29, 0.717) is 5.69 Å². The van der Waals surface area contributed by atoms with Crippen molar-refractivity contribution in [1.82, 2.24) is 0 Å². The van der Waals surface area contributed by atoms with E-state index in [2.05, 4.69) is 10.1 Å². The van der Waals surface area contributed by atoms with Gasteiger partial charge in [0.05, 0.1) is 7.11 Å². The Morgan fingerprint density at radius 1 is 1.60 bits per heavy atom. The van der Waals surface area contributed by atoms with Crippen molar-refractivity contribution in [1.29, 1.82) is 0 Å². The van der Waals surface area contributed by atoms with Crippen LogP contribution in [0.3, 0.4) is 0 Å². The number of rotatable bonds is 3. The number of aromatic hydroxyl groups is 1. The van der Waals surface area contributed by atoms with Gasteiger partial charge in [-0.3, -0.25) is 0 Å². The van der Waals surface area contributed by atoms with Gasteiger partial charge in [-0.1, -0.05) is 0 Å². The molecular weight excluding hydrogens is 201 g/mol. The van der Waals surface area contributed by atoms with Crippen molar-refractivity contribution in [3.05, 3.63) is 24.0 Å². The first-order chi connectivity index (χ1) is 7.04. The summed E-state index contributed by atoms with van der Waals surface area (Å²) in [7, 11) is 1.28. The summed E-state index contributed by atoms with van der Waals surface area (Å²) < 4.78 is 17.4. The van der Waals surface area contributed by atoms with Crippen LogP contribution in [-0.2, 0) is 9.53 Å². The van der Waals surface area contributed by atoms with Crippen molar-refractivity contribution in [3.63, 3.8) is 0 Å². The third-order valence-corrected chi connectivity index (χ3v) is 1.89. The SMILES string of the molecule is COC(=O)C(C)Nc1ccc(O)c(F)c1. The van der Waals surface area contributed by atoms with Gasteiger partial charge < -0.3 is 15.2 Å². The fourth-order valence-electron chi connectivity index (χ4n) is 1.08. The van der Waals surface area contributed by atoms with E-state index < -0.39 is 23.6 Å². The smallest absolute Gasteiger partial charge is 0.327 e. The number of methoxy groups -OCH3 is 1. The standard InChI is InChI=1S/C10H12FNO3/c1-6(10(14)15-2)12-7-3-4-9(13)8(11)5-7/h3-6,12-13H,1-2H3. The Morgan fingerprint density at radius 2 is 2.27 bits per heavy atom. The molecule has 1 aromatic rings. The molecule has 1 unspecified atom stereocenters. The lowest BCUT2D eigenvalue weighted by Crippen LogP contribution is -2.27. The number of ether oxygens (including phenoxy) is 1. The number of halogens is 1. The number of carbonyl (C=O) groups excluding carboxylic acids is 1. The Bertz CT molecular complexity index is 368. The van der Waals surface area contributed by atoms with Crippen LogP contribution in [0, 0.1) is 5.82 Å². The predicted octanol–water partition coefficient (Wildman–Crippen LogP) is 1.50. The van der Waals surface area contributed by atoms with Crippen LogP contribution in [0.1, 0.15) is 6.92 Å². The minimum absolute atomic E-state index is 0.406. The van der Waals surface area contributed by atoms with Gasteiger partial charge in [0.25, 0.3) is 0 Å². The molecule has 0 aliphatic carbocycles. The van der Waals surface area contributed by atoms with Crippen molar-refractivity contribution in [3.8, 4) is 5.75 Å². The topological polar surface area (TPSA) is 58.6 Å². The van der Waals surface area contributed by atoms with Crippen molar-refractivity contribution < 1.29 is 19.0 Å². The number of benzene rings is 1. The highest BCUT2D eigenvalue weighted by atomic mass is 19.1. The molecule has 0 radical (unpaired) electrons. The van der Waals surface area contributed by atoms with Gasteiger partial charge in [-0.05, 0) is 19.1 Å². The predicted molar refractivity (Wildman–Crippen MR) is 53.2 cm³/mol. The van der Waals surface area contributed by atoms with Crippen molar-refractivity contribution in [2.75, 3.05) is 12.4 Å². The zero-order chi connectivity index (χ0) is 11.4. The molecule has 0 aliphatic rings. The Labute approximate surface area is 86.7 Å². The van der Waals surface area contributed by atoms with Gasteiger partial charge in [0.15, 0.2) is 11.6 Å². The third kappa shape index (κ3) is 2.83. The van der Waals surface area contributed by atoms with Crippen LogP contribution in [0.25, 0.3) is 0 Å². The molecule has 1 atom stereocenters. The van der Waals surface area contributed by atoms with Crippen molar-refractivity contribution >= 4 is 11.7 Å². The van der Waals surface area contributed by atoms with Gasteiger partial charge in [0, 0.05) is 11.8 Å². The fourth-order valence-corrected chi connectivity index (χ4v) is 1.08. The average molecular weight is 213 g/mol. The number of hydrogen-bond acceptors (Lipinski definition) is 4.